The van der Waals surface area contributed by atoms with Crippen molar-refractivity contribution in [3.05, 3.63) is 83.7 Å². The summed E-state index contributed by atoms with van der Waals surface area (Å²) in [5, 5.41) is 6.56. The van der Waals surface area contributed by atoms with Gasteiger partial charge in [0.15, 0.2) is 5.96 Å². The molecule has 0 aliphatic rings. The molecule has 2 aromatic carbocycles. The third kappa shape index (κ3) is 7.86. The van der Waals surface area contributed by atoms with Crippen LogP contribution < -0.4 is 15.4 Å². The van der Waals surface area contributed by atoms with Crippen molar-refractivity contribution in [2.24, 2.45) is 4.99 Å². The van der Waals surface area contributed by atoms with Crippen LogP contribution in [0.1, 0.15) is 23.9 Å². The number of nitrogens with one attached hydrogen (secondary N) is 2. The Bertz CT molecular complexity index is 991. The maximum Gasteiger partial charge on any atom is 0.191 e. The number of hydrogen-bond acceptors (Lipinski definition) is 3. The molecule has 3 aromatic rings. The van der Waals surface area contributed by atoms with E-state index < -0.39 is 0 Å². The Kier molecular flexibility index (Phi) is 9.77. The van der Waals surface area contributed by atoms with E-state index >= 15 is 0 Å². The fraction of sp³-hybridized carbons (Fsp3) is 0.304. The molecule has 31 heavy (non-hydrogen) atoms. The number of rotatable bonds is 8. The molecule has 0 aliphatic heterocycles. The zero-order chi connectivity index (χ0) is 21.3. The minimum atomic E-state index is -0.310. The van der Waals surface area contributed by atoms with Crippen LogP contribution in [-0.2, 0) is 13.1 Å². The van der Waals surface area contributed by atoms with Crippen LogP contribution in [0.2, 0.25) is 0 Å². The highest BCUT2D eigenvalue weighted by Gasteiger charge is 2.07. The van der Waals surface area contributed by atoms with Gasteiger partial charge in [-0.1, -0.05) is 30.3 Å². The fourth-order valence-corrected chi connectivity index (χ4v) is 3.07. The Morgan fingerprint density at radius 2 is 1.94 bits per heavy atom. The third-order valence-corrected chi connectivity index (χ3v) is 4.64. The van der Waals surface area contributed by atoms with Gasteiger partial charge in [-0.3, -0.25) is 4.99 Å². The van der Waals surface area contributed by atoms with Crippen molar-refractivity contribution in [2.75, 3.05) is 13.6 Å². The Morgan fingerprint density at radius 1 is 1.16 bits per heavy atom. The molecule has 1 unspecified atom stereocenters. The van der Waals surface area contributed by atoms with Gasteiger partial charge in [0.25, 0.3) is 0 Å². The zero-order valence-electron chi connectivity index (χ0n) is 18.0. The number of aromatic nitrogens is 2. The molecule has 0 radical (unpaired) electrons. The molecular weight excluding hydrogens is 508 g/mol. The van der Waals surface area contributed by atoms with Crippen LogP contribution in [0.15, 0.2) is 65.9 Å². The van der Waals surface area contributed by atoms with Crippen molar-refractivity contribution in [3.63, 3.8) is 0 Å². The standard InChI is InChI=1S/C23H28FN5O.HI/c1-17(30-22-9-5-8-21(24)13-22)14-27-23(25-3)28-15-19-6-4-7-20(12-19)16-29-11-10-26-18(29)2;/h4-13,17H,14-16H2,1-3H3,(H2,25,27,28);1H. The zero-order valence-corrected chi connectivity index (χ0v) is 20.3. The Labute approximate surface area is 200 Å². The largest absolute Gasteiger partial charge is 0.489 e. The molecule has 6 nitrogen and oxygen atoms in total. The summed E-state index contributed by atoms with van der Waals surface area (Å²) in [6.07, 6.45) is 3.65. The van der Waals surface area contributed by atoms with Crippen molar-refractivity contribution in [1.82, 2.24) is 20.2 Å². The van der Waals surface area contributed by atoms with Crippen LogP contribution in [-0.4, -0.2) is 35.2 Å². The van der Waals surface area contributed by atoms with E-state index in [0.717, 1.165) is 17.9 Å². The van der Waals surface area contributed by atoms with Crippen LogP contribution in [0.3, 0.4) is 0 Å². The molecule has 3 rings (SSSR count). The lowest BCUT2D eigenvalue weighted by Gasteiger charge is -2.18. The Balaban J connectivity index is 0.00000341. The number of imidazole rings is 1. The molecular formula is C23H29FIN5O. The maximum absolute atomic E-state index is 13.3. The van der Waals surface area contributed by atoms with Gasteiger partial charge in [-0.05, 0) is 37.1 Å². The summed E-state index contributed by atoms with van der Waals surface area (Å²) in [5.41, 5.74) is 2.38. The maximum atomic E-state index is 13.3. The van der Waals surface area contributed by atoms with E-state index in [4.69, 9.17) is 4.74 Å². The highest BCUT2D eigenvalue weighted by molar-refractivity contribution is 14.0. The van der Waals surface area contributed by atoms with Crippen LogP contribution in [0.25, 0.3) is 0 Å². The summed E-state index contributed by atoms with van der Waals surface area (Å²) in [7, 11) is 1.73. The lowest BCUT2D eigenvalue weighted by atomic mass is 10.1. The van der Waals surface area contributed by atoms with Gasteiger partial charge < -0.3 is 19.9 Å². The Morgan fingerprint density at radius 3 is 2.65 bits per heavy atom. The van der Waals surface area contributed by atoms with Crippen molar-refractivity contribution in [3.8, 4) is 5.75 Å². The molecule has 0 amide bonds. The molecule has 1 heterocycles. The first kappa shape index (κ1) is 24.6. The van der Waals surface area contributed by atoms with Crippen molar-refractivity contribution in [2.45, 2.75) is 33.0 Å². The summed E-state index contributed by atoms with van der Waals surface area (Å²) < 4.78 is 21.1. The van der Waals surface area contributed by atoms with Crippen LogP contribution in [0.5, 0.6) is 5.75 Å². The second kappa shape index (κ2) is 12.3. The summed E-state index contributed by atoms with van der Waals surface area (Å²) >= 11 is 0. The first-order chi connectivity index (χ1) is 14.5. The molecule has 0 aliphatic carbocycles. The first-order valence-corrected chi connectivity index (χ1v) is 9.96. The summed E-state index contributed by atoms with van der Waals surface area (Å²) in [6, 6.07) is 14.6. The molecule has 8 heteroatoms. The number of aryl methyl sites for hydroxylation is 1. The van der Waals surface area contributed by atoms with Gasteiger partial charge in [0.1, 0.15) is 23.5 Å². The number of nitrogens with zero attached hydrogens (tertiary/aromatic N) is 3. The molecule has 1 aromatic heterocycles. The number of ether oxygens (including phenoxy) is 1. The minimum absolute atomic E-state index is 0. The van der Waals surface area contributed by atoms with E-state index in [1.165, 1.54) is 17.7 Å². The molecule has 0 bridgehead atoms. The molecule has 166 valence electrons. The van der Waals surface area contributed by atoms with Crippen LogP contribution in [0, 0.1) is 12.7 Å². The third-order valence-electron chi connectivity index (χ3n) is 4.64. The van der Waals surface area contributed by atoms with Crippen LogP contribution >= 0.6 is 24.0 Å². The van der Waals surface area contributed by atoms with Gasteiger partial charge in [0.2, 0.25) is 0 Å². The number of guanidine groups is 1. The average molecular weight is 537 g/mol. The predicted octanol–water partition coefficient (Wildman–Crippen LogP) is 4.13. The quantitative estimate of drug-likeness (QED) is 0.258. The van der Waals surface area contributed by atoms with E-state index in [9.17, 15) is 4.39 Å². The van der Waals surface area contributed by atoms with Gasteiger partial charge in [-0.15, -0.1) is 24.0 Å². The molecule has 0 spiro atoms. The summed E-state index contributed by atoms with van der Waals surface area (Å²) in [6.45, 7) is 5.90. The van der Waals surface area contributed by atoms with Crippen molar-refractivity contribution in [1.29, 1.82) is 0 Å². The van der Waals surface area contributed by atoms with Gasteiger partial charge in [0, 0.05) is 38.6 Å². The second-order valence-electron chi connectivity index (χ2n) is 7.11. The summed E-state index contributed by atoms with van der Waals surface area (Å²) in [4.78, 5) is 8.53. The number of benzene rings is 2. The SMILES string of the molecule is CN=C(NCc1cccc(Cn2ccnc2C)c1)NCC(C)Oc1cccc(F)c1.I. The monoisotopic (exact) mass is 537 g/mol. The normalized spacial score (nSPS) is 12.1. The molecule has 0 saturated heterocycles. The highest BCUT2D eigenvalue weighted by atomic mass is 127. The molecule has 0 fully saturated rings. The minimum Gasteiger partial charge on any atom is -0.489 e. The molecule has 0 saturated carbocycles. The van der Waals surface area contributed by atoms with E-state index in [-0.39, 0.29) is 35.9 Å². The highest BCUT2D eigenvalue weighted by Crippen LogP contribution is 2.13. The van der Waals surface area contributed by atoms with Crippen LogP contribution in [0.4, 0.5) is 4.39 Å². The van der Waals surface area contributed by atoms with Gasteiger partial charge in [0.05, 0.1) is 6.54 Å². The Hall–Kier alpha value is -2.62. The topological polar surface area (TPSA) is 63.5 Å². The smallest absolute Gasteiger partial charge is 0.191 e. The van der Waals surface area contributed by atoms with E-state index in [0.29, 0.717) is 24.8 Å². The van der Waals surface area contributed by atoms with Crippen molar-refractivity contribution >= 4 is 29.9 Å². The molecule has 2 N–H and O–H groups in total. The number of hydrogen-bond donors (Lipinski definition) is 2. The van der Waals surface area contributed by atoms with Crippen molar-refractivity contribution < 1.29 is 9.13 Å². The van der Waals surface area contributed by atoms with E-state index in [1.807, 2.05) is 26.2 Å². The van der Waals surface area contributed by atoms with Gasteiger partial charge in [-0.25, -0.2) is 9.37 Å². The fourth-order valence-electron chi connectivity index (χ4n) is 3.07. The summed E-state index contributed by atoms with van der Waals surface area (Å²) in [5.74, 6) is 1.88. The number of aliphatic imine (C=N–C) groups is 1. The lowest BCUT2D eigenvalue weighted by molar-refractivity contribution is 0.223. The first-order valence-electron chi connectivity index (χ1n) is 9.96. The second-order valence-corrected chi connectivity index (χ2v) is 7.11. The van der Waals surface area contributed by atoms with E-state index in [2.05, 4.69) is 49.4 Å². The van der Waals surface area contributed by atoms with E-state index in [1.54, 1.807) is 19.2 Å². The lowest BCUT2D eigenvalue weighted by Crippen LogP contribution is -2.41. The predicted molar refractivity (Wildman–Crippen MR) is 133 cm³/mol. The molecule has 1 atom stereocenters. The average Bonchev–Trinajstić information content (AvgIpc) is 3.13. The van der Waals surface area contributed by atoms with Gasteiger partial charge in [-0.2, -0.15) is 0 Å². The number of halogens is 2. The van der Waals surface area contributed by atoms with Gasteiger partial charge >= 0.3 is 0 Å².